The number of aryl methyl sites for hydroxylation is 1. The fraction of sp³-hybridized carbons (Fsp3) is 0.545. The van der Waals surface area contributed by atoms with Gasteiger partial charge in [0.2, 0.25) is 0 Å². The summed E-state index contributed by atoms with van der Waals surface area (Å²) >= 11 is 0. The summed E-state index contributed by atoms with van der Waals surface area (Å²) in [7, 11) is 0. The van der Waals surface area contributed by atoms with Crippen LogP contribution >= 0.6 is 0 Å². The van der Waals surface area contributed by atoms with E-state index in [-0.39, 0.29) is 23.7 Å². The predicted molar refractivity (Wildman–Crippen MR) is 110 cm³/mol. The molecule has 2 saturated heterocycles. The van der Waals surface area contributed by atoms with Gasteiger partial charge in [0.15, 0.2) is 6.04 Å². The molecule has 2 fully saturated rings. The summed E-state index contributed by atoms with van der Waals surface area (Å²) < 4.78 is 42.6. The third-order valence-corrected chi connectivity index (χ3v) is 6.82. The lowest BCUT2D eigenvalue weighted by Crippen LogP contribution is -2.52. The topological polar surface area (TPSA) is 53.4 Å². The number of nitrogens with one attached hydrogen (secondary N) is 1. The van der Waals surface area contributed by atoms with Crippen molar-refractivity contribution < 1.29 is 18.0 Å². The van der Waals surface area contributed by atoms with Crippen LogP contribution in [-0.4, -0.2) is 63.9 Å². The molecule has 5 rings (SSSR count). The van der Waals surface area contributed by atoms with Crippen LogP contribution in [0.3, 0.4) is 0 Å². The standard InChI is InChI=1S/C22H26F3N5O/c1-14-4-6-15(7-5-14)18-11-19(22(23,24)25)30-20(27-18)17(12-26-30)21(31)29-10-9-28-8-2-3-16(28)13-29/h4-7,12,16,18-19,27H,2-3,8-11,13H2,1H3/t16-,18-,19-/m1/s1. The van der Waals surface area contributed by atoms with Crippen LogP contribution in [0.5, 0.6) is 0 Å². The summed E-state index contributed by atoms with van der Waals surface area (Å²) in [6, 6.07) is 5.48. The molecule has 9 heteroatoms. The van der Waals surface area contributed by atoms with Crippen LogP contribution in [0.1, 0.15) is 52.8 Å². The lowest BCUT2D eigenvalue weighted by atomic mass is 9.96. The molecule has 31 heavy (non-hydrogen) atoms. The van der Waals surface area contributed by atoms with Crippen molar-refractivity contribution in [2.45, 2.75) is 50.5 Å². The third-order valence-electron chi connectivity index (χ3n) is 6.82. The molecular formula is C22H26F3N5O. The number of anilines is 1. The first-order valence-electron chi connectivity index (χ1n) is 10.8. The zero-order chi connectivity index (χ0) is 21.8. The van der Waals surface area contributed by atoms with Gasteiger partial charge in [-0.2, -0.15) is 18.3 Å². The molecule has 3 aliphatic rings. The minimum Gasteiger partial charge on any atom is -0.363 e. The van der Waals surface area contributed by atoms with Gasteiger partial charge in [0.05, 0.1) is 12.2 Å². The van der Waals surface area contributed by atoms with Crippen LogP contribution in [0.25, 0.3) is 0 Å². The summed E-state index contributed by atoms with van der Waals surface area (Å²) in [5.74, 6) is -0.0798. The van der Waals surface area contributed by atoms with E-state index in [0.717, 1.165) is 41.7 Å². The molecular weight excluding hydrogens is 407 g/mol. The number of amides is 1. The number of aromatic nitrogens is 2. The Morgan fingerprint density at radius 2 is 1.94 bits per heavy atom. The number of benzene rings is 1. The number of hydrogen-bond donors (Lipinski definition) is 1. The van der Waals surface area contributed by atoms with E-state index in [0.29, 0.717) is 19.1 Å². The van der Waals surface area contributed by atoms with Crippen LogP contribution in [0.2, 0.25) is 0 Å². The van der Waals surface area contributed by atoms with Crippen molar-refractivity contribution in [3.63, 3.8) is 0 Å². The van der Waals surface area contributed by atoms with Gasteiger partial charge in [0.25, 0.3) is 5.91 Å². The highest BCUT2D eigenvalue weighted by atomic mass is 19.4. The predicted octanol–water partition coefficient (Wildman–Crippen LogP) is 3.77. The Labute approximate surface area is 179 Å². The quantitative estimate of drug-likeness (QED) is 0.784. The first kappa shape index (κ1) is 20.4. The SMILES string of the molecule is Cc1ccc([C@H]2C[C@H](C(F)(F)F)n3ncc(C(=O)N4CCN5CCC[C@@H]5C4)c3N2)cc1. The molecule has 1 aromatic heterocycles. The second-order valence-electron chi connectivity index (χ2n) is 8.84. The Bertz CT molecular complexity index is 971. The number of alkyl halides is 3. The van der Waals surface area contributed by atoms with E-state index in [2.05, 4.69) is 15.3 Å². The third kappa shape index (κ3) is 3.69. The average molecular weight is 433 g/mol. The van der Waals surface area contributed by atoms with Crippen LogP contribution in [0, 0.1) is 6.92 Å². The Balaban J connectivity index is 1.46. The van der Waals surface area contributed by atoms with Gasteiger partial charge >= 0.3 is 6.18 Å². The summed E-state index contributed by atoms with van der Waals surface area (Å²) in [4.78, 5) is 17.5. The Hall–Kier alpha value is -2.55. The molecule has 6 nitrogen and oxygen atoms in total. The number of piperazine rings is 1. The maximum atomic E-state index is 13.9. The Kier molecular flexibility index (Phi) is 4.96. The number of fused-ring (bicyclic) bond motifs is 2. The van der Waals surface area contributed by atoms with Gasteiger partial charge in [0.1, 0.15) is 11.4 Å². The van der Waals surface area contributed by atoms with Crippen LogP contribution in [0.4, 0.5) is 19.0 Å². The highest BCUT2D eigenvalue weighted by molar-refractivity contribution is 5.99. The maximum absolute atomic E-state index is 13.9. The second-order valence-corrected chi connectivity index (χ2v) is 8.84. The van der Waals surface area contributed by atoms with Gasteiger partial charge < -0.3 is 10.2 Å². The summed E-state index contributed by atoms with van der Waals surface area (Å²) in [6.45, 7) is 5.01. The van der Waals surface area contributed by atoms with Crippen LogP contribution in [-0.2, 0) is 0 Å². The molecule has 2 aromatic rings. The van der Waals surface area contributed by atoms with Gasteiger partial charge in [-0.1, -0.05) is 29.8 Å². The number of carbonyl (C=O) groups is 1. The first-order chi connectivity index (χ1) is 14.8. The molecule has 1 aromatic carbocycles. The highest BCUT2D eigenvalue weighted by Gasteiger charge is 2.47. The lowest BCUT2D eigenvalue weighted by molar-refractivity contribution is -0.173. The summed E-state index contributed by atoms with van der Waals surface area (Å²) in [5, 5.41) is 7.20. The zero-order valence-electron chi connectivity index (χ0n) is 17.4. The minimum absolute atomic E-state index is 0.165. The van der Waals surface area contributed by atoms with Gasteiger partial charge in [-0.25, -0.2) is 4.68 Å². The van der Waals surface area contributed by atoms with Gasteiger partial charge in [-0.3, -0.25) is 9.69 Å². The van der Waals surface area contributed by atoms with Gasteiger partial charge in [-0.15, -0.1) is 0 Å². The molecule has 1 amide bonds. The molecule has 0 unspecified atom stereocenters. The van der Waals surface area contributed by atoms with Crippen molar-refractivity contribution in [3.05, 3.63) is 47.2 Å². The van der Waals surface area contributed by atoms with Crippen molar-refractivity contribution in [2.75, 3.05) is 31.5 Å². The second kappa shape index (κ2) is 7.55. The normalized spacial score (nSPS) is 26.3. The fourth-order valence-electron chi connectivity index (χ4n) is 5.08. The number of nitrogens with zero attached hydrogens (tertiary/aromatic N) is 4. The van der Waals surface area contributed by atoms with E-state index in [4.69, 9.17) is 0 Å². The largest absolute Gasteiger partial charge is 0.410 e. The molecule has 166 valence electrons. The lowest BCUT2D eigenvalue weighted by Gasteiger charge is -2.38. The summed E-state index contributed by atoms with van der Waals surface area (Å²) in [5.41, 5.74) is 2.03. The van der Waals surface area contributed by atoms with E-state index in [1.807, 2.05) is 31.2 Å². The van der Waals surface area contributed by atoms with Gasteiger partial charge in [-0.05, 0) is 31.9 Å². The molecule has 0 bridgehead atoms. The molecule has 0 spiro atoms. The van der Waals surface area contributed by atoms with Crippen LogP contribution < -0.4 is 5.32 Å². The number of hydrogen-bond acceptors (Lipinski definition) is 4. The number of carbonyl (C=O) groups excluding carboxylic acids is 1. The van der Waals surface area contributed by atoms with E-state index < -0.39 is 18.3 Å². The van der Waals surface area contributed by atoms with Crippen molar-refractivity contribution in [1.82, 2.24) is 19.6 Å². The molecule has 1 N–H and O–H groups in total. The van der Waals surface area contributed by atoms with E-state index in [1.165, 1.54) is 6.20 Å². The number of rotatable bonds is 2. The van der Waals surface area contributed by atoms with Crippen molar-refractivity contribution in [2.24, 2.45) is 0 Å². The van der Waals surface area contributed by atoms with Crippen LogP contribution in [0.15, 0.2) is 30.5 Å². The molecule has 0 radical (unpaired) electrons. The molecule has 0 aliphatic carbocycles. The maximum Gasteiger partial charge on any atom is 0.410 e. The highest BCUT2D eigenvalue weighted by Crippen LogP contribution is 2.44. The van der Waals surface area contributed by atoms with E-state index in [9.17, 15) is 18.0 Å². The fourth-order valence-corrected chi connectivity index (χ4v) is 5.08. The summed E-state index contributed by atoms with van der Waals surface area (Å²) in [6.07, 6.45) is -1.15. The van der Waals surface area contributed by atoms with Crippen molar-refractivity contribution >= 4 is 11.7 Å². The van der Waals surface area contributed by atoms with Crippen molar-refractivity contribution in [3.8, 4) is 0 Å². The first-order valence-corrected chi connectivity index (χ1v) is 10.8. The molecule has 3 aliphatic heterocycles. The monoisotopic (exact) mass is 433 g/mol. The Morgan fingerprint density at radius 3 is 2.68 bits per heavy atom. The number of halogens is 3. The van der Waals surface area contributed by atoms with Crippen molar-refractivity contribution in [1.29, 1.82) is 0 Å². The average Bonchev–Trinajstić information content (AvgIpc) is 3.38. The molecule has 3 atom stereocenters. The Morgan fingerprint density at radius 1 is 1.16 bits per heavy atom. The molecule has 4 heterocycles. The molecule has 0 saturated carbocycles. The van der Waals surface area contributed by atoms with Gasteiger partial charge in [0, 0.05) is 32.1 Å². The smallest absolute Gasteiger partial charge is 0.363 e. The minimum atomic E-state index is -4.46. The van der Waals surface area contributed by atoms with E-state index in [1.54, 1.807) is 4.90 Å². The van der Waals surface area contributed by atoms with E-state index >= 15 is 0 Å². The zero-order valence-corrected chi connectivity index (χ0v) is 17.4.